The highest BCUT2D eigenvalue weighted by molar-refractivity contribution is 6.98. The highest BCUT2D eigenvalue weighted by Gasteiger charge is 2.41. The number of ether oxygens (including phenoxy) is 2. The molecule has 2 nitrogen and oxygen atoms in total. The van der Waals surface area contributed by atoms with Gasteiger partial charge in [-0.25, -0.2) is 0 Å². The zero-order valence-electron chi connectivity index (χ0n) is 32.6. The Hall–Kier alpha value is -6.06. The van der Waals surface area contributed by atoms with Crippen LogP contribution in [0.15, 0.2) is 164 Å². The van der Waals surface area contributed by atoms with Crippen molar-refractivity contribution in [3.63, 3.8) is 0 Å². The van der Waals surface area contributed by atoms with Crippen LogP contribution in [0.4, 0.5) is 0 Å². The number of para-hydroxylation sites is 1. The monoisotopic (exact) mass is 645 g/mol. The van der Waals surface area contributed by atoms with Crippen LogP contribution < -0.4 is 25.9 Å². The summed E-state index contributed by atoms with van der Waals surface area (Å²) in [6.45, 7) is 4.39. The quantitative estimate of drug-likeness (QED) is 0.140. The van der Waals surface area contributed by atoms with Crippen LogP contribution in [0.1, 0.15) is 31.8 Å². The van der Waals surface area contributed by atoms with Gasteiger partial charge < -0.3 is 9.47 Å². The molecule has 3 heteroatoms. The standard InChI is InChI=1S/C47H33BO2/c1-47(2,32-17-7-4-8-18-32)33-25-26-39-41(29-33)50-43-28-31(27-42-46(43)48(39)38-23-13-14-24-40(38)49-42)45-36-21-11-9-19-34(36)44(30-15-5-3-6-16-30)35-20-10-12-22-37(35)45/h3-29H,1-2H3/i3D,5D,6D,15D,16D. The van der Waals surface area contributed by atoms with Gasteiger partial charge >= 0.3 is 0 Å². The summed E-state index contributed by atoms with van der Waals surface area (Å²) >= 11 is 0. The molecule has 0 bridgehead atoms. The first-order chi connectivity index (χ1) is 26.6. The van der Waals surface area contributed by atoms with Crippen molar-refractivity contribution in [2.45, 2.75) is 19.3 Å². The molecule has 0 amide bonds. The van der Waals surface area contributed by atoms with E-state index in [1.54, 1.807) is 0 Å². The molecule has 8 aromatic rings. The summed E-state index contributed by atoms with van der Waals surface area (Å²) in [7, 11) is 0. The second-order valence-corrected chi connectivity index (χ2v) is 13.6. The van der Waals surface area contributed by atoms with E-state index in [1.807, 2.05) is 66.7 Å². The number of fused-ring (bicyclic) bond motifs is 6. The molecule has 0 saturated carbocycles. The zero-order valence-corrected chi connectivity index (χ0v) is 27.6. The van der Waals surface area contributed by atoms with Crippen molar-refractivity contribution in [2.75, 3.05) is 0 Å². The summed E-state index contributed by atoms with van der Waals surface area (Å²) in [4.78, 5) is 0. The lowest BCUT2D eigenvalue weighted by Gasteiger charge is -2.35. The lowest BCUT2D eigenvalue weighted by molar-refractivity contribution is 0.463. The normalized spacial score (nSPS) is 14.3. The van der Waals surface area contributed by atoms with Crippen LogP contribution in [-0.2, 0) is 5.41 Å². The van der Waals surface area contributed by atoms with Gasteiger partial charge in [-0.3, -0.25) is 0 Å². The van der Waals surface area contributed by atoms with Crippen molar-refractivity contribution in [2.24, 2.45) is 0 Å². The summed E-state index contributed by atoms with van der Waals surface area (Å²) < 4.78 is 56.8. The van der Waals surface area contributed by atoms with Gasteiger partial charge in [0, 0.05) is 10.9 Å². The smallest absolute Gasteiger partial charge is 0.260 e. The summed E-state index contributed by atoms with van der Waals surface area (Å²) in [5.74, 6) is 3.05. The Morgan fingerprint density at radius 1 is 0.480 bits per heavy atom. The van der Waals surface area contributed by atoms with Crippen LogP contribution in [-0.4, -0.2) is 6.71 Å². The van der Waals surface area contributed by atoms with Crippen molar-refractivity contribution in [3.8, 4) is 45.3 Å². The molecule has 0 aromatic heterocycles. The average molecular weight is 646 g/mol. The van der Waals surface area contributed by atoms with E-state index in [9.17, 15) is 0 Å². The molecule has 0 saturated heterocycles. The van der Waals surface area contributed by atoms with E-state index in [0.717, 1.165) is 77.6 Å². The third-order valence-corrected chi connectivity index (χ3v) is 10.6. The van der Waals surface area contributed by atoms with Crippen molar-refractivity contribution < 1.29 is 16.3 Å². The Morgan fingerprint density at radius 2 is 1.02 bits per heavy atom. The fourth-order valence-corrected chi connectivity index (χ4v) is 8.08. The first-order valence-corrected chi connectivity index (χ1v) is 17.0. The Labute approximate surface area is 299 Å². The molecule has 50 heavy (non-hydrogen) atoms. The van der Waals surface area contributed by atoms with Gasteiger partial charge in [-0.15, -0.1) is 0 Å². The van der Waals surface area contributed by atoms with E-state index in [1.165, 1.54) is 5.56 Å². The minimum Gasteiger partial charge on any atom is -0.458 e. The van der Waals surface area contributed by atoms with Gasteiger partial charge in [-0.05, 0) is 90.1 Å². The van der Waals surface area contributed by atoms with E-state index < -0.39 is 6.04 Å². The predicted octanol–water partition coefficient (Wildman–Crippen LogP) is 10.4. The lowest BCUT2D eigenvalue weighted by atomic mass is 9.34. The van der Waals surface area contributed by atoms with Crippen LogP contribution in [0.5, 0.6) is 23.0 Å². The Morgan fingerprint density at radius 3 is 1.68 bits per heavy atom. The van der Waals surface area contributed by atoms with E-state index in [2.05, 4.69) is 80.6 Å². The van der Waals surface area contributed by atoms with E-state index in [4.69, 9.17) is 16.3 Å². The number of rotatable bonds is 4. The topological polar surface area (TPSA) is 18.5 Å². The van der Waals surface area contributed by atoms with Crippen molar-refractivity contribution >= 4 is 44.6 Å². The highest BCUT2D eigenvalue weighted by atomic mass is 16.5. The zero-order chi connectivity index (χ0) is 37.7. The predicted molar refractivity (Wildman–Crippen MR) is 209 cm³/mol. The van der Waals surface area contributed by atoms with Gasteiger partial charge in [0.15, 0.2) is 0 Å². The van der Waals surface area contributed by atoms with Gasteiger partial charge in [0.05, 0.1) is 6.85 Å². The van der Waals surface area contributed by atoms with Crippen molar-refractivity contribution in [1.29, 1.82) is 0 Å². The molecule has 0 radical (unpaired) electrons. The van der Waals surface area contributed by atoms with Crippen LogP contribution in [0.3, 0.4) is 0 Å². The SMILES string of the molecule is [2H]c1c([2H])c([2H])c(-c2c3ccccc3c(-c3cc4c5c(c3)Oc3cc(C(C)(C)c6ccccc6)ccc3B5c3ccccc3O4)c3ccccc23)c([2H])c1[2H]. The Balaban J connectivity index is 1.23. The van der Waals surface area contributed by atoms with Gasteiger partial charge in [0.1, 0.15) is 23.0 Å². The molecule has 2 aliphatic rings. The first kappa shape index (κ1) is 24.1. The molecule has 0 unspecified atom stereocenters. The van der Waals surface area contributed by atoms with Gasteiger partial charge in [-0.2, -0.15) is 0 Å². The summed E-state index contributed by atoms with van der Waals surface area (Å²) in [5.41, 5.74) is 7.87. The molecule has 0 fully saturated rings. The van der Waals surface area contributed by atoms with Crippen LogP contribution in [0, 0.1) is 0 Å². The van der Waals surface area contributed by atoms with Gasteiger partial charge in [0.2, 0.25) is 0 Å². The molecule has 2 heterocycles. The second kappa shape index (κ2) is 11.0. The fraction of sp³-hybridized carbons (Fsp3) is 0.0638. The van der Waals surface area contributed by atoms with Gasteiger partial charge in [-0.1, -0.05) is 153 Å². The lowest BCUT2D eigenvalue weighted by Crippen LogP contribution is -2.57. The first-order valence-electron chi connectivity index (χ1n) is 19.5. The number of hydrogen-bond donors (Lipinski definition) is 0. The Kier molecular flexibility index (Phi) is 5.30. The highest BCUT2D eigenvalue weighted by Crippen LogP contribution is 2.46. The number of benzene rings is 8. The summed E-state index contributed by atoms with van der Waals surface area (Å²) in [6.07, 6.45) is 0. The number of hydrogen-bond acceptors (Lipinski definition) is 2. The maximum atomic E-state index is 8.94. The van der Waals surface area contributed by atoms with Crippen molar-refractivity contribution in [1.82, 2.24) is 0 Å². The second-order valence-electron chi connectivity index (χ2n) is 13.6. The Bertz CT molecular complexity index is 2840. The van der Waals surface area contributed by atoms with E-state index in [-0.39, 0.29) is 41.9 Å². The fourth-order valence-electron chi connectivity index (χ4n) is 8.08. The largest absolute Gasteiger partial charge is 0.458 e. The molecule has 10 rings (SSSR count). The van der Waals surface area contributed by atoms with Crippen LogP contribution >= 0.6 is 0 Å². The molecule has 236 valence electrons. The molecule has 0 aliphatic carbocycles. The summed E-state index contributed by atoms with van der Waals surface area (Å²) in [6, 6.07) is 43.8. The average Bonchev–Trinajstić information content (AvgIpc) is 3.21. The third-order valence-electron chi connectivity index (χ3n) is 10.6. The maximum Gasteiger partial charge on any atom is 0.260 e. The van der Waals surface area contributed by atoms with Crippen LogP contribution in [0.25, 0.3) is 43.8 Å². The molecule has 0 spiro atoms. The van der Waals surface area contributed by atoms with Crippen LogP contribution in [0.2, 0.25) is 0 Å². The van der Waals surface area contributed by atoms with E-state index in [0.29, 0.717) is 5.56 Å². The maximum absolute atomic E-state index is 8.94. The third kappa shape index (κ3) is 4.30. The van der Waals surface area contributed by atoms with Gasteiger partial charge in [0.25, 0.3) is 6.71 Å². The minimum atomic E-state index is -0.413. The molecule has 8 aromatic carbocycles. The minimum absolute atomic E-state index is 0.0957. The molecule has 0 atom stereocenters. The molecular formula is C47H33BO2. The molecule has 2 aliphatic heterocycles. The van der Waals surface area contributed by atoms with Crippen molar-refractivity contribution in [3.05, 3.63) is 175 Å². The molecular weight excluding hydrogens is 607 g/mol. The molecule has 0 N–H and O–H groups in total. The van der Waals surface area contributed by atoms with E-state index >= 15 is 0 Å². The summed E-state index contributed by atoms with van der Waals surface area (Å²) in [5, 5.41) is 3.32.